The fourth-order valence-corrected chi connectivity index (χ4v) is 0.946. The molecule has 0 saturated carbocycles. The van der Waals surface area contributed by atoms with Crippen LogP contribution in [0, 0.1) is 6.92 Å². The summed E-state index contributed by atoms with van der Waals surface area (Å²) in [5, 5.41) is 3.77. The van der Waals surface area contributed by atoms with E-state index < -0.39 is 0 Å². The Labute approximate surface area is 71.5 Å². The maximum Gasteiger partial charge on any atom is 0.223 e. The molecule has 0 aliphatic heterocycles. The molecule has 0 fully saturated rings. The van der Waals surface area contributed by atoms with Crippen molar-refractivity contribution in [3.05, 3.63) is 11.7 Å². The van der Waals surface area contributed by atoms with Gasteiger partial charge in [-0.2, -0.15) is 4.98 Å². The summed E-state index contributed by atoms with van der Waals surface area (Å²) in [5.41, 5.74) is 5.38. The van der Waals surface area contributed by atoms with Crippen LogP contribution in [0.5, 0.6) is 0 Å². The first-order valence-corrected chi connectivity index (χ1v) is 3.90. The molecule has 0 saturated heterocycles. The Hall–Kier alpha value is -0.940. The molecule has 0 aliphatic carbocycles. The first-order chi connectivity index (χ1) is 5.72. The minimum atomic E-state index is 0.603. The minimum Gasteiger partial charge on any atom is -0.340 e. The monoisotopic (exact) mass is 170 g/mol. The smallest absolute Gasteiger partial charge is 0.223 e. The van der Waals surface area contributed by atoms with Gasteiger partial charge in [0.05, 0.1) is 6.54 Å². The van der Waals surface area contributed by atoms with Gasteiger partial charge in [0.25, 0.3) is 0 Å². The van der Waals surface area contributed by atoms with Gasteiger partial charge < -0.3 is 10.3 Å². The first kappa shape index (κ1) is 9.15. The van der Waals surface area contributed by atoms with Crippen molar-refractivity contribution in [2.24, 2.45) is 5.73 Å². The lowest BCUT2D eigenvalue weighted by Crippen LogP contribution is -2.25. The van der Waals surface area contributed by atoms with E-state index in [9.17, 15) is 0 Å². The Kier molecular flexibility index (Phi) is 3.19. The molecule has 0 spiro atoms. The van der Waals surface area contributed by atoms with E-state index >= 15 is 0 Å². The Morgan fingerprint density at radius 1 is 1.58 bits per heavy atom. The maximum absolute atomic E-state index is 5.38. The summed E-state index contributed by atoms with van der Waals surface area (Å²) in [4.78, 5) is 6.12. The van der Waals surface area contributed by atoms with Crippen molar-refractivity contribution in [3.8, 4) is 0 Å². The third-order valence-electron chi connectivity index (χ3n) is 1.49. The highest BCUT2D eigenvalue weighted by Gasteiger charge is 2.04. The molecule has 1 rings (SSSR count). The Balaban J connectivity index is 2.41. The standard InChI is InChI=1S/C7H14N4O/c1-6-9-7(10-12-6)5-11(2)4-3-8/h3-5,8H2,1-2H3. The van der Waals surface area contributed by atoms with Crippen LogP contribution in [0.1, 0.15) is 11.7 Å². The SMILES string of the molecule is Cc1nc(CN(C)CCN)no1. The van der Waals surface area contributed by atoms with Gasteiger partial charge in [0, 0.05) is 20.0 Å². The average molecular weight is 170 g/mol. The number of rotatable bonds is 4. The van der Waals surface area contributed by atoms with Crippen LogP contribution in [0.3, 0.4) is 0 Å². The van der Waals surface area contributed by atoms with Crippen LogP contribution >= 0.6 is 0 Å². The van der Waals surface area contributed by atoms with Crippen LogP contribution in [0.25, 0.3) is 0 Å². The van der Waals surface area contributed by atoms with Crippen molar-refractivity contribution in [1.29, 1.82) is 0 Å². The summed E-state index contributed by atoms with van der Waals surface area (Å²) in [7, 11) is 1.97. The van der Waals surface area contributed by atoms with Crippen LogP contribution < -0.4 is 5.73 Å². The molecule has 12 heavy (non-hydrogen) atoms. The molecule has 2 N–H and O–H groups in total. The highest BCUT2D eigenvalue weighted by molar-refractivity contribution is 4.83. The lowest BCUT2D eigenvalue weighted by Gasteiger charge is -2.11. The third-order valence-corrected chi connectivity index (χ3v) is 1.49. The van der Waals surface area contributed by atoms with Crippen LogP contribution in [0.4, 0.5) is 0 Å². The number of nitrogens with two attached hydrogens (primary N) is 1. The molecule has 0 bridgehead atoms. The van der Waals surface area contributed by atoms with Gasteiger partial charge >= 0.3 is 0 Å². The van der Waals surface area contributed by atoms with E-state index in [0.717, 1.165) is 6.54 Å². The predicted octanol–water partition coefficient (Wildman–Crippen LogP) is -0.231. The van der Waals surface area contributed by atoms with E-state index in [0.29, 0.717) is 24.8 Å². The van der Waals surface area contributed by atoms with Gasteiger partial charge in [-0.05, 0) is 7.05 Å². The second-order valence-corrected chi connectivity index (χ2v) is 2.76. The zero-order chi connectivity index (χ0) is 8.97. The van der Waals surface area contributed by atoms with Gasteiger partial charge in [-0.3, -0.25) is 4.90 Å². The van der Waals surface area contributed by atoms with Crippen molar-refractivity contribution >= 4 is 0 Å². The maximum atomic E-state index is 5.38. The van der Waals surface area contributed by atoms with Gasteiger partial charge in [-0.25, -0.2) is 0 Å². The lowest BCUT2D eigenvalue weighted by molar-refractivity contribution is 0.315. The highest BCUT2D eigenvalue weighted by Crippen LogP contribution is 1.97. The number of hydrogen-bond donors (Lipinski definition) is 1. The van der Waals surface area contributed by atoms with Gasteiger partial charge in [0.15, 0.2) is 5.82 Å². The van der Waals surface area contributed by atoms with E-state index in [-0.39, 0.29) is 0 Å². The molecule has 0 radical (unpaired) electrons. The second kappa shape index (κ2) is 4.18. The molecule has 0 atom stereocenters. The van der Waals surface area contributed by atoms with E-state index in [1.165, 1.54) is 0 Å². The molecule has 0 unspecified atom stereocenters. The van der Waals surface area contributed by atoms with Crippen molar-refractivity contribution in [1.82, 2.24) is 15.0 Å². The van der Waals surface area contributed by atoms with Gasteiger partial charge in [-0.15, -0.1) is 0 Å². The van der Waals surface area contributed by atoms with E-state index in [2.05, 4.69) is 10.1 Å². The second-order valence-electron chi connectivity index (χ2n) is 2.76. The topological polar surface area (TPSA) is 68.2 Å². The van der Waals surface area contributed by atoms with E-state index in [1.807, 2.05) is 11.9 Å². The quantitative estimate of drug-likeness (QED) is 0.676. The normalized spacial score (nSPS) is 11.0. The largest absolute Gasteiger partial charge is 0.340 e. The van der Waals surface area contributed by atoms with Gasteiger partial charge in [0.1, 0.15) is 0 Å². The van der Waals surface area contributed by atoms with Crippen molar-refractivity contribution in [2.45, 2.75) is 13.5 Å². The van der Waals surface area contributed by atoms with Gasteiger partial charge in [0.2, 0.25) is 5.89 Å². The first-order valence-electron chi connectivity index (χ1n) is 3.90. The fourth-order valence-electron chi connectivity index (χ4n) is 0.946. The summed E-state index contributed by atoms with van der Waals surface area (Å²) in [6.45, 7) is 3.95. The molecule has 68 valence electrons. The Bertz CT molecular complexity index is 235. The average Bonchev–Trinajstić information content (AvgIpc) is 2.36. The summed E-state index contributed by atoms with van der Waals surface area (Å²) in [5.74, 6) is 1.31. The third kappa shape index (κ3) is 2.60. The zero-order valence-electron chi connectivity index (χ0n) is 7.45. The van der Waals surface area contributed by atoms with Crippen molar-refractivity contribution in [3.63, 3.8) is 0 Å². The highest BCUT2D eigenvalue weighted by atomic mass is 16.5. The molecular formula is C7H14N4O. The summed E-state index contributed by atoms with van der Waals surface area (Å²) in [6.07, 6.45) is 0. The molecule has 0 aromatic carbocycles. The van der Waals surface area contributed by atoms with E-state index in [1.54, 1.807) is 6.92 Å². The Morgan fingerprint density at radius 2 is 2.33 bits per heavy atom. The molecule has 1 aromatic rings. The molecule has 0 amide bonds. The molecule has 1 heterocycles. The fraction of sp³-hybridized carbons (Fsp3) is 0.714. The number of nitrogens with zero attached hydrogens (tertiary/aromatic N) is 3. The zero-order valence-corrected chi connectivity index (χ0v) is 7.45. The van der Waals surface area contributed by atoms with Crippen LogP contribution in [-0.4, -0.2) is 35.2 Å². The predicted molar refractivity (Wildman–Crippen MR) is 44.4 cm³/mol. The summed E-state index contributed by atoms with van der Waals surface area (Å²) >= 11 is 0. The number of likely N-dealkylation sites (N-methyl/N-ethyl adjacent to an activating group) is 1. The molecule has 5 nitrogen and oxygen atoms in total. The van der Waals surface area contributed by atoms with E-state index in [4.69, 9.17) is 10.3 Å². The molecular weight excluding hydrogens is 156 g/mol. The summed E-state index contributed by atoms with van der Waals surface area (Å²) in [6, 6.07) is 0. The number of aromatic nitrogens is 2. The minimum absolute atomic E-state index is 0.603. The number of aryl methyl sites for hydroxylation is 1. The van der Waals surface area contributed by atoms with Crippen molar-refractivity contribution in [2.75, 3.05) is 20.1 Å². The molecule has 5 heteroatoms. The lowest BCUT2D eigenvalue weighted by atomic mass is 10.5. The summed E-state index contributed by atoms with van der Waals surface area (Å²) < 4.78 is 4.82. The van der Waals surface area contributed by atoms with Crippen LogP contribution in [0.2, 0.25) is 0 Å². The van der Waals surface area contributed by atoms with Crippen LogP contribution in [-0.2, 0) is 6.54 Å². The Morgan fingerprint density at radius 3 is 2.83 bits per heavy atom. The van der Waals surface area contributed by atoms with Gasteiger partial charge in [-0.1, -0.05) is 5.16 Å². The number of hydrogen-bond acceptors (Lipinski definition) is 5. The van der Waals surface area contributed by atoms with Crippen LogP contribution in [0.15, 0.2) is 4.52 Å². The molecule has 1 aromatic heterocycles. The van der Waals surface area contributed by atoms with Crippen molar-refractivity contribution < 1.29 is 4.52 Å². The molecule has 0 aliphatic rings.